The molecule has 0 unspecified atom stereocenters. The van der Waals surface area contributed by atoms with E-state index in [1.807, 2.05) is 0 Å². The molecule has 1 amide bonds. The summed E-state index contributed by atoms with van der Waals surface area (Å²) in [7, 11) is 0. The molecular formula is C14H19F3N2O2. The maximum absolute atomic E-state index is 12.3. The van der Waals surface area contributed by atoms with Crippen LogP contribution in [0.2, 0.25) is 0 Å². The molecule has 118 valence electrons. The van der Waals surface area contributed by atoms with E-state index in [0.29, 0.717) is 12.8 Å². The Bertz CT molecular complexity index is 485. The van der Waals surface area contributed by atoms with Gasteiger partial charge in [0.05, 0.1) is 5.54 Å². The lowest BCUT2D eigenvalue weighted by atomic mass is 9.93. The van der Waals surface area contributed by atoms with Gasteiger partial charge in [-0.05, 0) is 18.9 Å². The SMILES string of the molecule is CCC(N)(CC)C(=O)NCc1ccccc1OC(F)(F)F. The largest absolute Gasteiger partial charge is 0.573 e. The number of carbonyl (C=O) groups is 1. The van der Waals surface area contributed by atoms with E-state index < -0.39 is 17.8 Å². The van der Waals surface area contributed by atoms with Gasteiger partial charge in [-0.3, -0.25) is 4.79 Å². The third kappa shape index (κ3) is 4.93. The molecule has 0 spiro atoms. The van der Waals surface area contributed by atoms with Crippen LogP contribution in [0.5, 0.6) is 5.75 Å². The van der Waals surface area contributed by atoms with Crippen molar-refractivity contribution in [3.05, 3.63) is 29.8 Å². The van der Waals surface area contributed by atoms with Gasteiger partial charge < -0.3 is 15.8 Å². The van der Waals surface area contributed by atoms with E-state index in [1.54, 1.807) is 19.9 Å². The summed E-state index contributed by atoms with van der Waals surface area (Å²) < 4.78 is 40.8. The van der Waals surface area contributed by atoms with Gasteiger partial charge in [0.25, 0.3) is 0 Å². The van der Waals surface area contributed by atoms with E-state index in [0.717, 1.165) is 0 Å². The lowest BCUT2D eigenvalue weighted by Crippen LogP contribution is -2.52. The number of nitrogens with one attached hydrogen (secondary N) is 1. The number of ether oxygens (including phenoxy) is 1. The van der Waals surface area contributed by atoms with Crippen molar-refractivity contribution in [2.75, 3.05) is 0 Å². The first-order valence-electron chi connectivity index (χ1n) is 6.62. The van der Waals surface area contributed by atoms with E-state index in [-0.39, 0.29) is 17.9 Å². The molecule has 0 aliphatic rings. The number of benzene rings is 1. The van der Waals surface area contributed by atoms with Crippen molar-refractivity contribution in [2.24, 2.45) is 5.73 Å². The first-order chi connectivity index (χ1) is 9.72. The first-order valence-corrected chi connectivity index (χ1v) is 6.62. The maximum atomic E-state index is 12.3. The fraction of sp³-hybridized carbons (Fsp3) is 0.500. The van der Waals surface area contributed by atoms with E-state index >= 15 is 0 Å². The van der Waals surface area contributed by atoms with Gasteiger partial charge in [0.15, 0.2) is 0 Å². The van der Waals surface area contributed by atoms with Gasteiger partial charge in [0, 0.05) is 12.1 Å². The Morgan fingerprint density at radius 1 is 1.24 bits per heavy atom. The van der Waals surface area contributed by atoms with Gasteiger partial charge in [0.2, 0.25) is 5.91 Å². The minimum atomic E-state index is -4.77. The highest BCUT2D eigenvalue weighted by Gasteiger charge is 2.32. The topological polar surface area (TPSA) is 64.4 Å². The van der Waals surface area contributed by atoms with Crippen LogP contribution in [0.25, 0.3) is 0 Å². The number of para-hydroxylation sites is 1. The number of amides is 1. The summed E-state index contributed by atoms with van der Waals surface area (Å²) in [5.74, 6) is -0.727. The molecule has 3 N–H and O–H groups in total. The monoisotopic (exact) mass is 304 g/mol. The van der Waals surface area contributed by atoms with Crippen molar-refractivity contribution in [1.82, 2.24) is 5.32 Å². The molecule has 0 heterocycles. The van der Waals surface area contributed by atoms with Crippen LogP contribution in [0.1, 0.15) is 32.3 Å². The van der Waals surface area contributed by atoms with Crippen molar-refractivity contribution in [3.63, 3.8) is 0 Å². The highest BCUT2D eigenvalue weighted by molar-refractivity contribution is 5.85. The van der Waals surface area contributed by atoms with Crippen molar-refractivity contribution >= 4 is 5.91 Å². The molecule has 21 heavy (non-hydrogen) atoms. The Kier molecular flexibility index (Phi) is 5.60. The summed E-state index contributed by atoms with van der Waals surface area (Å²) in [6.45, 7) is 3.48. The number of halogens is 3. The fourth-order valence-corrected chi connectivity index (χ4v) is 1.80. The third-order valence-corrected chi connectivity index (χ3v) is 3.35. The Hall–Kier alpha value is -1.76. The molecular weight excluding hydrogens is 285 g/mol. The lowest BCUT2D eigenvalue weighted by Gasteiger charge is -2.25. The van der Waals surface area contributed by atoms with Crippen LogP contribution in [0.3, 0.4) is 0 Å². The smallest absolute Gasteiger partial charge is 0.405 e. The van der Waals surface area contributed by atoms with Crippen LogP contribution in [-0.4, -0.2) is 17.8 Å². The lowest BCUT2D eigenvalue weighted by molar-refractivity contribution is -0.274. The summed E-state index contributed by atoms with van der Waals surface area (Å²) in [4.78, 5) is 12.0. The summed E-state index contributed by atoms with van der Waals surface area (Å²) in [5, 5.41) is 2.56. The maximum Gasteiger partial charge on any atom is 0.573 e. The summed E-state index contributed by atoms with van der Waals surface area (Å²) in [5.41, 5.74) is 5.14. The van der Waals surface area contributed by atoms with Crippen LogP contribution < -0.4 is 15.8 Å². The molecule has 1 aromatic rings. The van der Waals surface area contributed by atoms with Crippen molar-refractivity contribution in [1.29, 1.82) is 0 Å². The highest BCUT2D eigenvalue weighted by atomic mass is 19.4. The van der Waals surface area contributed by atoms with Crippen LogP contribution in [-0.2, 0) is 11.3 Å². The predicted octanol–water partition coefficient (Wildman–Crippen LogP) is 2.72. The Morgan fingerprint density at radius 2 is 1.81 bits per heavy atom. The highest BCUT2D eigenvalue weighted by Crippen LogP contribution is 2.26. The van der Waals surface area contributed by atoms with Crippen LogP contribution >= 0.6 is 0 Å². The second-order valence-electron chi connectivity index (χ2n) is 4.70. The third-order valence-electron chi connectivity index (χ3n) is 3.35. The molecule has 0 atom stereocenters. The molecule has 0 bridgehead atoms. The standard InChI is InChI=1S/C14H19F3N2O2/c1-3-13(18,4-2)12(20)19-9-10-7-5-6-8-11(10)21-14(15,16)17/h5-8H,3-4,9,18H2,1-2H3,(H,19,20). The average Bonchev–Trinajstić information content (AvgIpc) is 2.43. The van der Waals surface area contributed by atoms with Crippen molar-refractivity contribution < 1.29 is 22.7 Å². The van der Waals surface area contributed by atoms with Gasteiger partial charge in [-0.15, -0.1) is 13.2 Å². The number of rotatable bonds is 6. The quantitative estimate of drug-likeness (QED) is 0.849. The second kappa shape index (κ2) is 6.80. The summed E-state index contributed by atoms with van der Waals surface area (Å²) in [6.07, 6.45) is -3.89. The molecule has 1 rings (SSSR count). The minimum Gasteiger partial charge on any atom is -0.405 e. The normalized spacial score (nSPS) is 12.1. The molecule has 0 saturated heterocycles. The van der Waals surface area contributed by atoms with E-state index in [2.05, 4.69) is 10.1 Å². The number of hydrogen-bond acceptors (Lipinski definition) is 3. The number of alkyl halides is 3. The molecule has 1 aromatic carbocycles. The average molecular weight is 304 g/mol. The zero-order valence-corrected chi connectivity index (χ0v) is 12.0. The van der Waals surface area contributed by atoms with Gasteiger partial charge in [-0.25, -0.2) is 0 Å². The van der Waals surface area contributed by atoms with E-state index in [4.69, 9.17) is 5.73 Å². The van der Waals surface area contributed by atoms with Crippen molar-refractivity contribution in [2.45, 2.75) is 45.1 Å². The summed E-state index contributed by atoms with van der Waals surface area (Å²) >= 11 is 0. The van der Waals surface area contributed by atoms with Crippen LogP contribution in [0, 0.1) is 0 Å². The zero-order chi connectivity index (χ0) is 16.1. The van der Waals surface area contributed by atoms with Gasteiger partial charge >= 0.3 is 6.36 Å². The number of hydrogen-bond donors (Lipinski definition) is 2. The predicted molar refractivity (Wildman–Crippen MR) is 72.5 cm³/mol. The Balaban J connectivity index is 2.78. The first kappa shape index (κ1) is 17.3. The van der Waals surface area contributed by atoms with Gasteiger partial charge in [-0.2, -0.15) is 0 Å². The van der Waals surface area contributed by atoms with E-state index in [9.17, 15) is 18.0 Å². The fourth-order valence-electron chi connectivity index (χ4n) is 1.80. The minimum absolute atomic E-state index is 0.0793. The van der Waals surface area contributed by atoms with Gasteiger partial charge in [0.1, 0.15) is 5.75 Å². The number of carbonyl (C=O) groups excluding carboxylic acids is 1. The molecule has 0 aliphatic heterocycles. The molecule has 0 aliphatic carbocycles. The second-order valence-corrected chi connectivity index (χ2v) is 4.70. The molecule has 4 nitrogen and oxygen atoms in total. The van der Waals surface area contributed by atoms with Gasteiger partial charge in [-0.1, -0.05) is 32.0 Å². The summed E-state index contributed by atoms with van der Waals surface area (Å²) in [6, 6.07) is 5.65. The van der Waals surface area contributed by atoms with Crippen LogP contribution in [0.4, 0.5) is 13.2 Å². The van der Waals surface area contributed by atoms with E-state index in [1.165, 1.54) is 18.2 Å². The molecule has 0 aromatic heterocycles. The molecule has 0 saturated carbocycles. The van der Waals surface area contributed by atoms with Crippen LogP contribution in [0.15, 0.2) is 24.3 Å². The zero-order valence-electron chi connectivity index (χ0n) is 12.0. The van der Waals surface area contributed by atoms with Crippen molar-refractivity contribution in [3.8, 4) is 5.75 Å². The number of nitrogens with two attached hydrogens (primary N) is 1. The Labute approximate surface area is 121 Å². The Morgan fingerprint density at radius 3 is 2.33 bits per heavy atom. The molecule has 0 fully saturated rings. The molecule has 7 heteroatoms. The molecule has 0 radical (unpaired) electrons.